The van der Waals surface area contributed by atoms with Crippen LogP contribution in [-0.2, 0) is 9.84 Å². The topological polar surface area (TPSA) is 73.1 Å². The van der Waals surface area contributed by atoms with Crippen LogP contribution in [-0.4, -0.2) is 24.5 Å². The maximum absolute atomic E-state index is 11.1. The Morgan fingerprint density at radius 3 is 2.45 bits per heavy atom. The van der Waals surface area contributed by atoms with Crippen molar-refractivity contribution >= 4 is 9.84 Å². The highest BCUT2D eigenvalue weighted by Gasteiger charge is 2.19. The molecule has 0 atom stereocenters. The van der Waals surface area contributed by atoms with Crippen molar-refractivity contribution in [2.45, 2.75) is 18.9 Å². The van der Waals surface area contributed by atoms with Gasteiger partial charge in [-0.25, -0.2) is 13.0 Å². The predicted octanol–water partition coefficient (Wildman–Crippen LogP) is 0.172. The molecule has 6 heteroatoms. The SMILES string of the molecule is CCS(=O)(=O)c1nonc1C. The van der Waals surface area contributed by atoms with Gasteiger partial charge in [0.1, 0.15) is 5.69 Å². The van der Waals surface area contributed by atoms with Gasteiger partial charge >= 0.3 is 0 Å². The van der Waals surface area contributed by atoms with E-state index < -0.39 is 9.84 Å². The number of hydrogen-bond donors (Lipinski definition) is 0. The molecule has 0 aromatic carbocycles. The van der Waals surface area contributed by atoms with Crippen molar-refractivity contribution in [3.8, 4) is 0 Å². The molecule has 0 bridgehead atoms. The molecule has 0 unspecified atom stereocenters. The quantitative estimate of drug-likeness (QED) is 0.642. The molecule has 0 aliphatic heterocycles. The van der Waals surface area contributed by atoms with E-state index >= 15 is 0 Å². The molecular formula is C5H8N2O3S. The number of nitrogens with zero attached hydrogens (tertiary/aromatic N) is 2. The molecule has 0 spiro atoms. The number of rotatable bonds is 2. The predicted molar refractivity (Wildman–Crippen MR) is 36.8 cm³/mol. The molecule has 0 amide bonds. The highest BCUT2D eigenvalue weighted by atomic mass is 32.2. The molecule has 0 aliphatic carbocycles. The van der Waals surface area contributed by atoms with Gasteiger partial charge in [-0.15, -0.1) is 0 Å². The summed E-state index contributed by atoms with van der Waals surface area (Å²) >= 11 is 0. The van der Waals surface area contributed by atoms with Gasteiger partial charge < -0.3 is 0 Å². The van der Waals surface area contributed by atoms with Gasteiger partial charge in [-0.3, -0.25) is 0 Å². The summed E-state index contributed by atoms with van der Waals surface area (Å²) in [6.45, 7) is 3.09. The van der Waals surface area contributed by atoms with Crippen molar-refractivity contribution < 1.29 is 13.0 Å². The van der Waals surface area contributed by atoms with Crippen molar-refractivity contribution in [3.05, 3.63) is 5.69 Å². The second kappa shape index (κ2) is 2.61. The van der Waals surface area contributed by atoms with Gasteiger partial charge in [-0.2, -0.15) is 0 Å². The number of sulfone groups is 1. The fourth-order valence-corrected chi connectivity index (χ4v) is 1.55. The Labute approximate surface area is 64.3 Å². The van der Waals surface area contributed by atoms with E-state index in [2.05, 4.69) is 14.9 Å². The molecule has 0 fully saturated rings. The van der Waals surface area contributed by atoms with Crippen LogP contribution in [0.1, 0.15) is 12.6 Å². The van der Waals surface area contributed by atoms with Crippen LogP contribution < -0.4 is 0 Å². The zero-order valence-corrected chi connectivity index (χ0v) is 7.05. The van der Waals surface area contributed by atoms with Crippen LogP contribution in [0.2, 0.25) is 0 Å². The summed E-state index contributed by atoms with van der Waals surface area (Å²) in [6, 6.07) is 0. The van der Waals surface area contributed by atoms with Gasteiger partial charge in [0.15, 0.2) is 0 Å². The molecule has 5 nitrogen and oxygen atoms in total. The van der Waals surface area contributed by atoms with Crippen LogP contribution in [0.5, 0.6) is 0 Å². The molecule has 0 N–H and O–H groups in total. The first-order valence-electron chi connectivity index (χ1n) is 3.10. The fourth-order valence-electron chi connectivity index (χ4n) is 0.642. The molecule has 1 aromatic rings. The lowest BCUT2D eigenvalue weighted by atomic mass is 10.6. The first kappa shape index (κ1) is 8.19. The van der Waals surface area contributed by atoms with E-state index in [1.807, 2.05) is 0 Å². The largest absolute Gasteiger partial charge is 0.243 e. The van der Waals surface area contributed by atoms with Gasteiger partial charge in [-0.05, 0) is 12.1 Å². The summed E-state index contributed by atoms with van der Waals surface area (Å²) in [5.74, 6) is 0.0159. The summed E-state index contributed by atoms with van der Waals surface area (Å²) in [7, 11) is -3.25. The maximum atomic E-state index is 11.1. The summed E-state index contributed by atoms with van der Waals surface area (Å²) in [4.78, 5) is 0. The first-order valence-corrected chi connectivity index (χ1v) is 4.75. The zero-order valence-electron chi connectivity index (χ0n) is 6.23. The number of aromatic nitrogens is 2. The minimum absolute atomic E-state index is 0.0159. The Bertz CT molecular complexity index is 340. The Hall–Kier alpha value is -0.910. The molecule has 1 aromatic heterocycles. The average molecular weight is 176 g/mol. The van der Waals surface area contributed by atoms with E-state index in [0.29, 0.717) is 5.69 Å². The summed E-state index contributed by atoms with van der Waals surface area (Å²) < 4.78 is 26.5. The third-order valence-electron chi connectivity index (χ3n) is 1.29. The second-order valence-electron chi connectivity index (χ2n) is 2.06. The maximum Gasteiger partial charge on any atom is 0.222 e. The van der Waals surface area contributed by atoms with Crippen LogP contribution in [0.3, 0.4) is 0 Å². The van der Waals surface area contributed by atoms with Gasteiger partial charge in [0.25, 0.3) is 0 Å². The molecule has 0 saturated heterocycles. The minimum atomic E-state index is -3.25. The number of hydrogen-bond acceptors (Lipinski definition) is 5. The smallest absolute Gasteiger partial charge is 0.222 e. The number of aryl methyl sites for hydroxylation is 1. The average Bonchev–Trinajstić information content (AvgIpc) is 2.36. The molecule has 0 saturated carbocycles. The molecule has 1 rings (SSSR count). The van der Waals surface area contributed by atoms with Crippen LogP contribution in [0.15, 0.2) is 9.65 Å². The Morgan fingerprint density at radius 2 is 2.09 bits per heavy atom. The van der Waals surface area contributed by atoms with E-state index in [0.717, 1.165) is 0 Å². The lowest BCUT2D eigenvalue weighted by Gasteiger charge is -1.92. The highest BCUT2D eigenvalue weighted by Crippen LogP contribution is 2.10. The fraction of sp³-hybridized carbons (Fsp3) is 0.600. The standard InChI is InChI=1S/C5H8N2O3S/c1-3-11(8,9)5-4(2)6-10-7-5/h3H2,1-2H3. The Kier molecular flexibility index (Phi) is 1.95. The summed E-state index contributed by atoms with van der Waals surface area (Å²) in [6.07, 6.45) is 0. The lowest BCUT2D eigenvalue weighted by Crippen LogP contribution is -2.05. The van der Waals surface area contributed by atoms with E-state index in [1.54, 1.807) is 13.8 Å². The first-order chi connectivity index (χ1) is 5.08. The van der Waals surface area contributed by atoms with Gasteiger partial charge in [0.05, 0.1) is 5.75 Å². The lowest BCUT2D eigenvalue weighted by molar-refractivity contribution is 0.296. The van der Waals surface area contributed by atoms with Crippen molar-refractivity contribution in [3.63, 3.8) is 0 Å². The second-order valence-corrected chi connectivity index (χ2v) is 4.25. The Balaban J connectivity index is 3.22. The normalized spacial score (nSPS) is 11.8. The van der Waals surface area contributed by atoms with Gasteiger partial charge in [0, 0.05) is 0 Å². The zero-order chi connectivity index (χ0) is 8.48. The van der Waals surface area contributed by atoms with E-state index in [1.165, 1.54) is 0 Å². The van der Waals surface area contributed by atoms with Crippen molar-refractivity contribution in [2.75, 3.05) is 5.75 Å². The monoisotopic (exact) mass is 176 g/mol. The summed E-state index contributed by atoms with van der Waals surface area (Å²) in [5, 5.41) is 6.59. The third-order valence-corrected chi connectivity index (χ3v) is 3.00. The molecule has 1 heterocycles. The van der Waals surface area contributed by atoms with Crippen LogP contribution in [0, 0.1) is 6.92 Å². The molecular weight excluding hydrogens is 168 g/mol. The minimum Gasteiger partial charge on any atom is -0.243 e. The Morgan fingerprint density at radius 1 is 1.45 bits per heavy atom. The van der Waals surface area contributed by atoms with Gasteiger partial charge in [0.2, 0.25) is 14.9 Å². The molecule has 0 aliphatic rings. The highest BCUT2D eigenvalue weighted by molar-refractivity contribution is 7.91. The van der Waals surface area contributed by atoms with Crippen LogP contribution in [0.4, 0.5) is 0 Å². The van der Waals surface area contributed by atoms with Gasteiger partial charge in [-0.1, -0.05) is 12.1 Å². The van der Waals surface area contributed by atoms with Crippen LogP contribution in [0.25, 0.3) is 0 Å². The molecule has 11 heavy (non-hydrogen) atoms. The molecule has 62 valence electrons. The van der Waals surface area contributed by atoms with E-state index in [4.69, 9.17) is 0 Å². The van der Waals surface area contributed by atoms with Crippen molar-refractivity contribution in [1.29, 1.82) is 0 Å². The van der Waals surface area contributed by atoms with Crippen LogP contribution >= 0.6 is 0 Å². The van der Waals surface area contributed by atoms with E-state index in [9.17, 15) is 8.42 Å². The summed E-state index contributed by atoms with van der Waals surface area (Å²) in [5.41, 5.74) is 0.312. The van der Waals surface area contributed by atoms with Crippen molar-refractivity contribution in [2.24, 2.45) is 0 Å². The third kappa shape index (κ3) is 1.40. The van der Waals surface area contributed by atoms with Crippen molar-refractivity contribution in [1.82, 2.24) is 10.3 Å². The van der Waals surface area contributed by atoms with E-state index in [-0.39, 0.29) is 10.8 Å². The molecule has 0 radical (unpaired) electrons.